The van der Waals surface area contributed by atoms with Gasteiger partial charge in [0.2, 0.25) is 0 Å². The molecule has 0 unspecified atom stereocenters. The Bertz CT molecular complexity index is 1030. The number of hydrogen-bond donors (Lipinski definition) is 1. The van der Waals surface area contributed by atoms with E-state index in [2.05, 4.69) is 15.4 Å². The zero-order chi connectivity index (χ0) is 21.0. The molecule has 29 heavy (non-hydrogen) atoms. The number of benzene rings is 1. The van der Waals surface area contributed by atoms with Crippen molar-refractivity contribution in [1.82, 2.24) is 19.9 Å². The van der Waals surface area contributed by atoms with Crippen molar-refractivity contribution in [2.75, 3.05) is 6.61 Å². The molecule has 2 aromatic heterocycles. The third-order valence-electron chi connectivity index (χ3n) is 4.91. The lowest BCUT2D eigenvalue weighted by molar-refractivity contribution is -0.148. The Labute approximate surface area is 170 Å². The summed E-state index contributed by atoms with van der Waals surface area (Å²) >= 11 is 0. The van der Waals surface area contributed by atoms with Crippen molar-refractivity contribution in [2.24, 2.45) is 0 Å². The van der Waals surface area contributed by atoms with Crippen LogP contribution in [0.4, 0.5) is 0 Å². The first-order valence-electron chi connectivity index (χ1n) is 9.67. The molecule has 1 atom stereocenters. The van der Waals surface area contributed by atoms with Crippen LogP contribution in [-0.2, 0) is 20.7 Å². The van der Waals surface area contributed by atoms with Gasteiger partial charge in [0.05, 0.1) is 11.7 Å². The monoisotopic (exact) mass is 394 g/mol. The molecule has 1 N–H and O–H groups in total. The summed E-state index contributed by atoms with van der Waals surface area (Å²) in [5.41, 5.74) is 5.50. The maximum Gasteiger partial charge on any atom is 0.306 e. The zero-order valence-electron chi connectivity index (χ0n) is 17.2. The van der Waals surface area contributed by atoms with Crippen LogP contribution >= 0.6 is 0 Å². The van der Waals surface area contributed by atoms with Crippen LogP contribution in [0.5, 0.6) is 0 Å². The highest BCUT2D eigenvalue weighted by Crippen LogP contribution is 2.17. The molecule has 0 fully saturated rings. The molecule has 0 aliphatic rings. The van der Waals surface area contributed by atoms with E-state index in [0.29, 0.717) is 6.42 Å². The van der Waals surface area contributed by atoms with E-state index >= 15 is 0 Å². The first-order chi connectivity index (χ1) is 13.8. The number of carbonyl (C=O) groups excluding carboxylic acids is 2. The SMILES string of the molecule is Cc1cc2nc(C)c(CCC(=O)OCC(=O)N[C@@H](C)c3ccccc3)c(C)n2n1. The largest absolute Gasteiger partial charge is 0.456 e. The summed E-state index contributed by atoms with van der Waals surface area (Å²) in [6.07, 6.45) is 0.664. The number of fused-ring (bicyclic) bond motifs is 1. The van der Waals surface area contributed by atoms with Crippen molar-refractivity contribution in [2.45, 2.75) is 46.6 Å². The minimum absolute atomic E-state index is 0.150. The molecule has 0 saturated carbocycles. The van der Waals surface area contributed by atoms with Gasteiger partial charge in [-0.2, -0.15) is 5.10 Å². The summed E-state index contributed by atoms with van der Waals surface area (Å²) in [5.74, 6) is -0.736. The van der Waals surface area contributed by atoms with Crippen LogP contribution in [0.3, 0.4) is 0 Å². The number of ether oxygens (including phenoxy) is 1. The van der Waals surface area contributed by atoms with E-state index in [1.165, 1.54) is 0 Å². The first-order valence-corrected chi connectivity index (χ1v) is 9.67. The van der Waals surface area contributed by atoms with E-state index in [1.807, 2.05) is 64.1 Å². The van der Waals surface area contributed by atoms with Gasteiger partial charge in [-0.15, -0.1) is 0 Å². The van der Waals surface area contributed by atoms with Gasteiger partial charge in [-0.05, 0) is 45.2 Å². The highest BCUT2D eigenvalue weighted by molar-refractivity contribution is 5.80. The Kier molecular flexibility index (Phi) is 6.26. The topological polar surface area (TPSA) is 85.6 Å². The molecule has 2 heterocycles. The average molecular weight is 394 g/mol. The summed E-state index contributed by atoms with van der Waals surface area (Å²) in [6, 6.07) is 11.4. The lowest BCUT2D eigenvalue weighted by atomic mass is 10.1. The normalized spacial score (nSPS) is 12.0. The fourth-order valence-electron chi connectivity index (χ4n) is 3.36. The van der Waals surface area contributed by atoms with E-state index in [4.69, 9.17) is 4.74 Å². The first kappa shape index (κ1) is 20.5. The third kappa shape index (κ3) is 4.99. The van der Waals surface area contributed by atoms with Gasteiger partial charge in [0.1, 0.15) is 0 Å². The number of rotatable bonds is 7. The number of esters is 1. The van der Waals surface area contributed by atoms with Crippen molar-refractivity contribution >= 4 is 17.5 Å². The predicted molar refractivity (Wildman–Crippen MR) is 109 cm³/mol. The van der Waals surface area contributed by atoms with E-state index < -0.39 is 5.97 Å². The van der Waals surface area contributed by atoms with Crippen molar-refractivity contribution in [3.8, 4) is 0 Å². The lowest BCUT2D eigenvalue weighted by Crippen LogP contribution is -2.31. The molecule has 3 rings (SSSR count). The van der Waals surface area contributed by atoms with Gasteiger partial charge in [-0.1, -0.05) is 30.3 Å². The Balaban J connectivity index is 1.51. The maximum atomic E-state index is 12.1. The number of carbonyl (C=O) groups is 2. The molecule has 0 saturated heterocycles. The summed E-state index contributed by atoms with van der Waals surface area (Å²) in [7, 11) is 0. The number of hydrogen-bond acceptors (Lipinski definition) is 5. The summed E-state index contributed by atoms with van der Waals surface area (Å²) in [5, 5.41) is 7.27. The maximum absolute atomic E-state index is 12.1. The van der Waals surface area contributed by atoms with E-state index in [-0.39, 0.29) is 25.0 Å². The Morgan fingerprint density at radius 2 is 1.90 bits per heavy atom. The van der Waals surface area contributed by atoms with Crippen LogP contribution < -0.4 is 5.32 Å². The van der Waals surface area contributed by atoms with Gasteiger partial charge < -0.3 is 10.1 Å². The van der Waals surface area contributed by atoms with Crippen LogP contribution in [-0.4, -0.2) is 33.1 Å². The number of nitrogens with one attached hydrogen (secondary N) is 1. The molecule has 1 amide bonds. The zero-order valence-corrected chi connectivity index (χ0v) is 17.2. The molecular formula is C22H26N4O3. The Hall–Kier alpha value is -3.22. The predicted octanol–water partition coefficient (Wildman–Crippen LogP) is 3.01. The lowest BCUT2D eigenvalue weighted by Gasteiger charge is -2.14. The molecule has 7 heteroatoms. The molecule has 1 aromatic carbocycles. The van der Waals surface area contributed by atoms with Gasteiger partial charge in [-0.25, -0.2) is 9.50 Å². The van der Waals surface area contributed by atoms with Crippen LogP contribution in [0.25, 0.3) is 5.65 Å². The smallest absolute Gasteiger partial charge is 0.306 e. The fourth-order valence-corrected chi connectivity index (χ4v) is 3.36. The molecule has 7 nitrogen and oxygen atoms in total. The number of amides is 1. The second-order valence-electron chi connectivity index (χ2n) is 7.18. The highest BCUT2D eigenvalue weighted by Gasteiger charge is 2.15. The molecule has 0 aliphatic heterocycles. The van der Waals surface area contributed by atoms with Crippen LogP contribution in [0.15, 0.2) is 36.4 Å². The molecule has 0 spiro atoms. The van der Waals surface area contributed by atoms with Gasteiger partial charge in [0.15, 0.2) is 12.3 Å². The molecular weight excluding hydrogens is 368 g/mol. The van der Waals surface area contributed by atoms with E-state index in [0.717, 1.165) is 33.9 Å². The van der Waals surface area contributed by atoms with Crippen molar-refractivity contribution < 1.29 is 14.3 Å². The van der Waals surface area contributed by atoms with E-state index in [1.54, 1.807) is 4.52 Å². The summed E-state index contributed by atoms with van der Waals surface area (Å²) < 4.78 is 6.93. The summed E-state index contributed by atoms with van der Waals surface area (Å²) in [4.78, 5) is 28.7. The van der Waals surface area contributed by atoms with Crippen LogP contribution in [0, 0.1) is 20.8 Å². The van der Waals surface area contributed by atoms with Crippen LogP contribution in [0.2, 0.25) is 0 Å². The number of aromatic nitrogens is 3. The van der Waals surface area contributed by atoms with Crippen molar-refractivity contribution in [1.29, 1.82) is 0 Å². The Morgan fingerprint density at radius 1 is 1.17 bits per heavy atom. The number of aryl methyl sites for hydroxylation is 3. The molecule has 0 aliphatic carbocycles. The van der Waals surface area contributed by atoms with Gasteiger partial charge in [-0.3, -0.25) is 9.59 Å². The minimum Gasteiger partial charge on any atom is -0.456 e. The summed E-state index contributed by atoms with van der Waals surface area (Å²) in [6.45, 7) is 7.41. The minimum atomic E-state index is -0.414. The van der Waals surface area contributed by atoms with Gasteiger partial charge >= 0.3 is 5.97 Å². The molecule has 0 bridgehead atoms. The Morgan fingerprint density at radius 3 is 2.62 bits per heavy atom. The van der Waals surface area contributed by atoms with Gasteiger partial charge in [0.25, 0.3) is 5.91 Å². The second kappa shape index (κ2) is 8.86. The van der Waals surface area contributed by atoms with Crippen LogP contribution in [0.1, 0.15) is 47.6 Å². The fraction of sp³-hybridized carbons (Fsp3) is 0.364. The third-order valence-corrected chi connectivity index (χ3v) is 4.91. The second-order valence-corrected chi connectivity index (χ2v) is 7.18. The van der Waals surface area contributed by atoms with E-state index in [9.17, 15) is 9.59 Å². The molecule has 3 aromatic rings. The molecule has 152 valence electrons. The van der Waals surface area contributed by atoms with Crippen molar-refractivity contribution in [3.63, 3.8) is 0 Å². The highest BCUT2D eigenvalue weighted by atomic mass is 16.5. The van der Waals surface area contributed by atoms with Crippen molar-refractivity contribution in [3.05, 3.63) is 64.6 Å². The molecule has 0 radical (unpaired) electrons. The standard InChI is InChI=1S/C22H26N4O3/c1-14-12-20-23-16(3)19(17(4)26(20)25-14)10-11-22(28)29-13-21(27)24-15(2)18-8-6-5-7-9-18/h5-9,12,15H,10-11,13H2,1-4H3,(H,24,27)/t15-/m0/s1. The average Bonchev–Trinajstić information content (AvgIpc) is 3.07. The quantitative estimate of drug-likeness (QED) is 0.623. The number of nitrogens with zero attached hydrogens (tertiary/aromatic N) is 3. The van der Waals surface area contributed by atoms with Gasteiger partial charge in [0, 0.05) is 23.9 Å².